The van der Waals surface area contributed by atoms with E-state index in [1.165, 1.54) is 16.9 Å². The van der Waals surface area contributed by atoms with Crippen molar-refractivity contribution in [1.29, 1.82) is 0 Å². The summed E-state index contributed by atoms with van der Waals surface area (Å²) < 4.78 is 15.1. The minimum atomic E-state index is -0.395. The third kappa shape index (κ3) is 2.09. The van der Waals surface area contributed by atoms with E-state index in [0.29, 0.717) is 23.2 Å². The van der Waals surface area contributed by atoms with Crippen molar-refractivity contribution in [2.24, 2.45) is 0 Å². The van der Waals surface area contributed by atoms with Crippen LogP contribution in [0.4, 0.5) is 4.39 Å². The van der Waals surface area contributed by atoms with Crippen molar-refractivity contribution in [2.45, 2.75) is 0 Å². The van der Waals surface area contributed by atoms with Crippen molar-refractivity contribution in [1.82, 2.24) is 14.8 Å². The highest BCUT2D eigenvalue weighted by atomic mass is 19.1. The Labute approximate surface area is 114 Å². The predicted molar refractivity (Wildman–Crippen MR) is 72.1 cm³/mol. The Kier molecular flexibility index (Phi) is 3.09. The van der Waals surface area contributed by atoms with Crippen LogP contribution in [-0.2, 0) is 0 Å². The summed E-state index contributed by atoms with van der Waals surface area (Å²) >= 11 is 0. The van der Waals surface area contributed by atoms with Crippen LogP contribution in [-0.4, -0.2) is 21.1 Å². The van der Waals surface area contributed by atoms with E-state index < -0.39 is 5.82 Å². The Morgan fingerprint density at radius 2 is 1.85 bits per heavy atom. The van der Waals surface area contributed by atoms with Gasteiger partial charge in [0.1, 0.15) is 17.2 Å². The van der Waals surface area contributed by atoms with E-state index >= 15 is 0 Å². The van der Waals surface area contributed by atoms with Gasteiger partial charge in [0.25, 0.3) is 0 Å². The molecule has 0 spiro atoms. The van der Waals surface area contributed by atoms with E-state index in [-0.39, 0.29) is 0 Å². The van der Waals surface area contributed by atoms with Gasteiger partial charge in [-0.3, -0.25) is 9.78 Å². The lowest BCUT2D eigenvalue weighted by molar-refractivity contribution is 0.112. The van der Waals surface area contributed by atoms with Gasteiger partial charge in [-0.1, -0.05) is 12.1 Å². The number of halogens is 1. The maximum Gasteiger partial charge on any atom is 0.153 e. The Morgan fingerprint density at radius 1 is 1.10 bits per heavy atom. The maximum atomic E-state index is 13.8. The van der Waals surface area contributed by atoms with Gasteiger partial charge in [0, 0.05) is 24.2 Å². The zero-order valence-electron chi connectivity index (χ0n) is 10.4. The molecule has 2 heterocycles. The molecule has 0 saturated carbocycles. The van der Waals surface area contributed by atoms with E-state index in [1.54, 1.807) is 42.7 Å². The number of benzene rings is 1. The number of hydrogen-bond acceptors (Lipinski definition) is 3. The number of carbonyl (C=O) groups excluding carboxylic acids is 1. The van der Waals surface area contributed by atoms with Crippen molar-refractivity contribution in [3.05, 3.63) is 66.4 Å². The first-order chi connectivity index (χ1) is 9.79. The molecule has 0 N–H and O–H groups in total. The van der Waals surface area contributed by atoms with Gasteiger partial charge in [0.15, 0.2) is 6.29 Å². The van der Waals surface area contributed by atoms with Crippen molar-refractivity contribution >= 4 is 6.29 Å². The molecule has 20 heavy (non-hydrogen) atoms. The number of rotatable bonds is 3. The summed E-state index contributed by atoms with van der Waals surface area (Å²) in [5.41, 5.74) is 1.97. The molecule has 3 rings (SSSR count). The molecule has 1 aromatic carbocycles. The van der Waals surface area contributed by atoms with Gasteiger partial charge in [-0.2, -0.15) is 5.10 Å². The molecule has 0 bridgehead atoms. The molecule has 0 amide bonds. The van der Waals surface area contributed by atoms with Gasteiger partial charge < -0.3 is 0 Å². The monoisotopic (exact) mass is 267 g/mol. The predicted octanol–water partition coefficient (Wildman–Crippen LogP) is 2.89. The third-order valence-electron chi connectivity index (χ3n) is 2.92. The molecule has 0 aliphatic heterocycles. The molecule has 98 valence electrons. The minimum absolute atomic E-state index is 0.302. The summed E-state index contributed by atoms with van der Waals surface area (Å²) in [4.78, 5) is 15.1. The number of pyridine rings is 1. The highest BCUT2D eigenvalue weighted by molar-refractivity contribution is 5.85. The molecule has 5 heteroatoms. The number of aldehydes is 1. The molecule has 0 radical (unpaired) electrons. The highest BCUT2D eigenvalue weighted by Gasteiger charge is 2.13. The standard InChI is InChI=1S/C15H10FN3O/c16-13-3-1-2-4-14(13)19-9-12(10-20)15(18-19)11-5-7-17-8-6-11/h1-10H. The highest BCUT2D eigenvalue weighted by Crippen LogP contribution is 2.22. The summed E-state index contributed by atoms with van der Waals surface area (Å²) in [6.45, 7) is 0. The minimum Gasteiger partial charge on any atom is -0.298 e. The van der Waals surface area contributed by atoms with Gasteiger partial charge in [-0.15, -0.1) is 0 Å². The SMILES string of the molecule is O=Cc1cn(-c2ccccc2F)nc1-c1ccncc1. The van der Waals surface area contributed by atoms with E-state index in [1.807, 2.05) is 0 Å². The lowest BCUT2D eigenvalue weighted by Crippen LogP contribution is -1.98. The van der Waals surface area contributed by atoms with Gasteiger partial charge in [-0.05, 0) is 24.3 Å². The average molecular weight is 267 g/mol. The van der Waals surface area contributed by atoms with Crippen LogP contribution in [0.2, 0.25) is 0 Å². The van der Waals surface area contributed by atoms with Crippen LogP contribution in [0, 0.1) is 5.82 Å². The van der Waals surface area contributed by atoms with Crippen LogP contribution in [0.25, 0.3) is 16.9 Å². The average Bonchev–Trinajstić information content (AvgIpc) is 2.92. The van der Waals surface area contributed by atoms with Crippen molar-refractivity contribution in [2.75, 3.05) is 0 Å². The second kappa shape index (κ2) is 5.05. The van der Waals surface area contributed by atoms with Gasteiger partial charge >= 0.3 is 0 Å². The summed E-state index contributed by atoms with van der Waals surface area (Å²) in [5.74, 6) is -0.395. The molecule has 0 aliphatic rings. The fourth-order valence-electron chi connectivity index (χ4n) is 1.97. The van der Waals surface area contributed by atoms with Crippen LogP contribution in [0.5, 0.6) is 0 Å². The normalized spacial score (nSPS) is 10.4. The maximum absolute atomic E-state index is 13.8. The third-order valence-corrected chi connectivity index (χ3v) is 2.92. The number of hydrogen-bond donors (Lipinski definition) is 0. The summed E-state index contributed by atoms with van der Waals surface area (Å²) in [6, 6.07) is 9.78. The molecule has 0 aliphatic carbocycles. The molecule has 4 nitrogen and oxygen atoms in total. The van der Waals surface area contributed by atoms with Crippen LogP contribution in [0.3, 0.4) is 0 Å². The number of nitrogens with zero attached hydrogens (tertiary/aromatic N) is 3. The zero-order valence-corrected chi connectivity index (χ0v) is 10.4. The van der Waals surface area contributed by atoms with E-state index in [9.17, 15) is 9.18 Å². The van der Waals surface area contributed by atoms with Crippen LogP contribution in [0.15, 0.2) is 55.0 Å². The largest absolute Gasteiger partial charge is 0.298 e. The Balaban J connectivity index is 2.15. The zero-order chi connectivity index (χ0) is 13.9. The Hall–Kier alpha value is -2.82. The lowest BCUT2D eigenvalue weighted by Gasteiger charge is -2.02. The molecule has 0 saturated heterocycles. The fraction of sp³-hybridized carbons (Fsp3) is 0. The summed E-state index contributed by atoms with van der Waals surface area (Å²) in [5, 5.41) is 4.30. The van der Waals surface area contributed by atoms with E-state index in [2.05, 4.69) is 10.1 Å². The summed E-state index contributed by atoms with van der Waals surface area (Å²) in [7, 11) is 0. The number of para-hydroxylation sites is 1. The molecular formula is C15H10FN3O. The number of aromatic nitrogens is 3. The molecule has 0 unspecified atom stereocenters. The number of carbonyl (C=O) groups is 1. The van der Waals surface area contributed by atoms with E-state index in [4.69, 9.17) is 0 Å². The second-order valence-electron chi connectivity index (χ2n) is 4.18. The Morgan fingerprint density at radius 3 is 2.55 bits per heavy atom. The van der Waals surface area contributed by atoms with Crippen molar-refractivity contribution < 1.29 is 9.18 Å². The molecular weight excluding hydrogens is 257 g/mol. The quantitative estimate of drug-likeness (QED) is 0.685. The first-order valence-corrected chi connectivity index (χ1v) is 6.00. The van der Waals surface area contributed by atoms with Crippen molar-refractivity contribution in [3.8, 4) is 16.9 Å². The molecule has 2 aromatic heterocycles. The van der Waals surface area contributed by atoms with Gasteiger partial charge in [0.2, 0.25) is 0 Å². The van der Waals surface area contributed by atoms with Crippen LogP contribution in [0.1, 0.15) is 10.4 Å². The van der Waals surface area contributed by atoms with Crippen molar-refractivity contribution in [3.63, 3.8) is 0 Å². The van der Waals surface area contributed by atoms with Gasteiger partial charge in [-0.25, -0.2) is 9.07 Å². The van der Waals surface area contributed by atoms with E-state index in [0.717, 1.165) is 5.56 Å². The molecule has 0 atom stereocenters. The second-order valence-corrected chi connectivity index (χ2v) is 4.18. The summed E-state index contributed by atoms with van der Waals surface area (Å²) in [6.07, 6.45) is 5.46. The van der Waals surface area contributed by atoms with Gasteiger partial charge in [0.05, 0.1) is 5.56 Å². The molecule has 3 aromatic rings. The fourth-order valence-corrected chi connectivity index (χ4v) is 1.97. The van der Waals surface area contributed by atoms with Crippen LogP contribution >= 0.6 is 0 Å². The Bertz CT molecular complexity index is 753. The van der Waals surface area contributed by atoms with Crippen LogP contribution < -0.4 is 0 Å². The smallest absolute Gasteiger partial charge is 0.153 e. The lowest BCUT2D eigenvalue weighted by atomic mass is 10.1. The topological polar surface area (TPSA) is 47.8 Å². The molecule has 0 fully saturated rings. The first kappa shape index (κ1) is 12.2. The first-order valence-electron chi connectivity index (χ1n) is 6.00.